The molecule has 224 valence electrons. The standard InChI is InChI=1S/C43H31N3O/c1-3-11-30(12-4-1)41-44-42(31-13-5-2-6-14-31)46-43(45-41)32-21-19-29(20-22-32)36-16-9-17-38-40(36)37-25-24-35(27-39(37)47-38)34-23-18-28-10-7-8-15-33(28)26-34/h1-15,17-23,26-27,36H,16,24-25H2. The second-order valence-electron chi connectivity index (χ2n) is 12.3. The normalized spacial score (nSPS) is 15.2. The van der Waals surface area contributed by atoms with Crippen LogP contribution in [0.15, 0.2) is 138 Å². The van der Waals surface area contributed by atoms with Crippen LogP contribution < -0.4 is 0 Å². The molecule has 4 nitrogen and oxygen atoms in total. The van der Waals surface area contributed by atoms with Crippen LogP contribution >= 0.6 is 0 Å². The van der Waals surface area contributed by atoms with Crippen LogP contribution in [0.5, 0.6) is 0 Å². The van der Waals surface area contributed by atoms with Crippen LogP contribution in [0.2, 0.25) is 0 Å². The largest absolute Gasteiger partial charge is 0.457 e. The summed E-state index contributed by atoms with van der Waals surface area (Å²) in [5.41, 5.74) is 9.46. The number of aromatic nitrogens is 3. The lowest BCUT2D eigenvalue weighted by Gasteiger charge is -2.22. The third-order valence-electron chi connectivity index (χ3n) is 9.44. The Labute approximate surface area is 273 Å². The predicted molar refractivity (Wildman–Crippen MR) is 190 cm³/mol. The summed E-state index contributed by atoms with van der Waals surface area (Å²) in [5, 5.41) is 2.54. The van der Waals surface area contributed by atoms with Gasteiger partial charge in [-0.05, 0) is 65.0 Å². The molecule has 0 saturated heterocycles. The number of benzene rings is 5. The molecule has 0 radical (unpaired) electrons. The first-order valence-corrected chi connectivity index (χ1v) is 16.3. The van der Waals surface area contributed by atoms with Crippen molar-refractivity contribution in [2.45, 2.75) is 25.2 Å². The first kappa shape index (κ1) is 27.4. The van der Waals surface area contributed by atoms with E-state index >= 15 is 0 Å². The average molecular weight is 606 g/mol. The topological polar surface area (TPSA) is 51.8 Å². The zero-order valence-electron chi connectivity index (χ0n) is 25.8. The van der Waals surface area contributed by atoms with Crippen molar-refractivity contribution in [2.75, 3.05) is 0 Å². The van der Waals surface area contributed by atoms with Gasteiger partial charge in [-0.1, -0.05) is 127 Å². The quantitative estimate of drug-likeness (QED) is 0.196. The van der Waals surface area contributed by atoms with Gasteiger partial charge in [-0.15, -0.1) is 0 Å². The molecule has 0 N–H and O–H groups in total. The Balaban J connectivity index is 1.05. The molecule has 0 fully saturated rings. The summed E-state index contributed by atoms with van der Waals surface area (Å²) < 4.78 is 6.53. The summed E-state index contributed by atoms with van der Waals surface area (Å²) in [6.45, 7) is 0. The minimum atomic E-state index is 0.241. The Bertz CT molecular complexity index is 2260. The van der Waals surface area contributed by atoms with Crippen molar-refractivity contribution in [2.24, 2.45) is 0 Å². The first-order valence-electron chi connectivity index (χ1n) is 16.3. The van der Waals surface area contributed by atoms with Crippen LogP contribution in [0.4, 0.5) is 0 Å². The number of allylic oxidation sites excluding steroid dienone is 2. The van der Waals surface area contributed by atoms with E-state index in [2.05, 4.69) is 85.0 Å². The molecule has 47 heavy (non-hydrogen) atoms. The average Bonchev–Trinajstić information content (AvgIpc) is 3.53. The van der Waals surface area contributed by atoms with Crippen molar-refractivity contribution < 1.29 is 4.42 Å². The van der Waals surface area contributed by atoms with Crippen molar-refractivity contribution in [1.29, 1.82) is 0 Å². The molecule has 9 rings (SSSR count). The van der Waals surface area contributed by atoms with E-state index in [4.69, 9.17) is 19.4 Å². The molecule has 0 amide bonds. The van der Waals surface area contributed by atoms with Gasteiger partial charge < -0.3 is 4.42 Å². The molecule has 2 aliphatic rings. The minimum absolute atomic E-state index is 0.241. The Morgan fingerprint density at radius 3 is 1.81 bits per heavy atom. The fourth-order valence-corrected chi connectivity index (χ4v) is 7.04. The van der Waals surface area contributed by atoms with E-state index in [0.717, 1.165) is 47.5 Å². The van der Waals surface area contributed by atoms with E-state index in [1.165, 1.54) is 38.6 Å². The zero-order valence-corrected chi connectivity index (χ0v) is 25.8. The highest BCUT2D eigenvalue weighted by Gasteiger charge is 2.30. The van der Waals surface area contributed by atoms with Gasteiger partial charge in [0.15, 0.2) is 17.5 Å². The molecule has 1 unspecified atom stereocenters. The van der Waals surface area contributed by atoms with E-state index in [-0.39, 0.29) is 5.92 Å². The van der Waals surface area contributed by atoms with E-state index in [1.807, 2.05) is 60.7 Å². The first-order chi connectivity index (χ1) is 23.3. The SMILES string of the molecule is C1=Cc2oc3c(c2C(c2ccc(-c4nc(-c5ccccc5)nc(-c5ccccc5)n4)cc2)C1)CCC(c1ccc2ccccc2c1)=C3. The molecule has 7 aromatic rings. The number of fused-ring (bicyclic) bond motifs is 4. The van der Waals surface area contributed by atoms with Crippen molar-refractivity contribution in [1.82, 2.24) is 15.0 Å². The zero-order chi connectivity index (χ0) is 31.2. The highest BCUT2D eigenvalue weighted by atomic mass is 16.3. The maximum Gasteiger partial charge on any atom is 0.164 e. The van der Waals surface area contributed by atoms with Crippen molar-refractivity contribution in [3.05, 3.63) is 167 Å². The molecular formula is C43H31N3O. The van der Waals surface area contributed by atoms with E-state index in [1.54, 1.807) is 0 Å². The lowest BCUT2D eigenvalue weighted by molar-refractivity contribution is 0.535. The van der Waals surface area contributed by atoms with E-state index in [9.17, 15) is 0 Å². The van der Waals surface area contributed by atoms with Gasteiger partial charge in [-0.25, -0.2) is 15.0 Å². The molecule has 0 aliphatic heterocycles. The third-order valence-corrected chi connectivity index (χ3v) is 9.44. The minimum Gasteiger partial charge on any atom is -0.457 e. The number of hydrogen-bond donors (Lipinski definition) is 0. The summed E-state index contributed by atoms with van der Waals surface area (Å²) >= 11 is 0. The van der Waals surface area contributed by atoms with Crippen LogP contribution in [0.25, 0.3) is 62.7 Å². The maximum atomic E-state index is 6.53. The van der Waals surface area contributed by atoms with Gasteiger partial charge in [-0.2, -0.15) is 0 Å². The highest BCUT2D eigenvalue weighted by Crippen LogP contribution is 2.44. The van der Waals surface area contributed by atoms with Gasteiger partial charge in [0, 0.05) is 33.7 Å². The smallest absolute Gasteiger partial charge is 0.164 e. The maximum absolute atomic E-state index is 6.53. The van der Waals surface area contributed by atoms with Gasteiger partial charge in [0.1, 0.15) is 11.5 Å². The summed E-state index contributed by atoms with van der Waals surface area (Å²) in [5.74, 6) is 4.24. The molecule has 0 saturated carbocycles. The summed E-state index contributed by atoms with van der Waals surface area (Å²) in [4.78, 5) is 14.7. The Morgan fingerprint density at radius 2 is 1.13 bits per heavy atom. The second kappa shape index (κ2) is 11.5. The van der Waals surface area contributed by atoms with E-state index in [0.29, 0.717) is 17.5 Å². The lowest BCUT2D eigenvalue weighted by Crippen LogP contribution is -2.08. The van der Waals surface area contributed by atoms with Crippen molar-refractivity contribution in [3.8, 4) is 34.2 Å². The number of rotatable bonds is 5. The van der Waals surface area contributed by atoms with Gasteiger partial charge in [0.2, 0.25) is 0 Å². The Morgan fingerprint density at radius 1 is 0.532 bits per heavy atom. The Hall–Kier alpha value is -5.87. The van der Waals surface area contributed by atoms with Gasteiger partial charge >= 0.3 is 0 Å². The van der Waals surface area contributed by atoms with E-state index < -0.39 is 0 Å². The fourth-order valence-electron chi connectivity index (χ4n) is 7.04. The lowest BCUT2D eigenvalue weighted by atomic mass is 9.80. The molecule has 4 heteroatoms. The molecular weight excluding hydrogens is 574 g/mol. The summed E-state index contributed by atoms with van der Waals surface area (Å²) in [6.07, 6.45) is 9.59. The van der Waals surface area contributed by atoms with Crippen LogP contribution in [-0.4, -0.2) is 15.0 Å². The van der Waals surface area contributed by atoms with Crippen LogP contribution in [0.3, 0.4) is 0 Å². The molecule has 1 atom stereocenters. The number of furan rings is 1. The number of nitrogens with zero attached hydrogens (tertiary/aromatic N) is 3. The third kappa shape index (κ3) is 5.08. The van der Waals surface area contributed by atoms with Crippen LogP contribution in [0, 0.1) is 0 Å². The van der Waals surface area contributed by atoms with Crippen molar-refractivity contribution >= 4 is 28.5 Å². The van der Waals surface area contributed by atoms with Gasteiger partial charge in [0.25, 0.3) is 0 Å². The highest BCUT2D eigenvalue weighted by molar-refractivity contribution is 5.90. The predicted octanol–water partition coefficient (Wildman–Crippen LogP) is 10.7. The summed E-state index contributed by atoms with van der Waals surface area (Å²) in [6, 6.07) is 44.3. The molecule has 5 aromatic carbocycles. The molecule has 2 aliphatic carbocycles. The van der Waals surface area contributed by atoms with Gasteiger partial charge in [0.05, 0.1) is 0 Å². The summed E-state index contributed by atoms with van der Waals surface area (Å²) in [7, 11) is 0. The number of hydrogen-bond acceptors (Lipinski definition) is 4. The molecule has 2 heterocycles. The van der Waals surface area contributed by atoms with Crippen LogP contribution in [-0.2, 0) is 6.42 Å². The van der Waals surface area contributed by atoms with Crippen molar-refractivity contribution in [3.63, 3.8) is 0 Å². The molecule has 2 aromatic heterocycles. The second-order valence-corrected chi connectivity index (χ2v) is 12.3. The molecule has 0 bridgehead atoms. The fraction of sp³-hybridized carbons (Fsp3) is 0.0930. The van der Waals surface area contributed by atoms with Gasteiger partial charge in [-0.3, -0.25) is 0 Å². The monoisotopic (exact) mass is 605 g/mol. The van der Waals surface area contributed by atoms with Crippen LogP contribution in [0.1, 0.15) is 52.5 Å². The Kier molecular flexibility index (Phi) is 6.71. The molecule has 0 spiro atoms.